The highest BCUT2D eigenvalue weighted by Gasteiger charge is 2.18. The van der Waals surface area contributed by atoms with Crippen molar-refractivity contribution >= 4 is 11.6 Å². The van der Waals surface area contributed by atoms with Gasteiger partial charge in [0.15, 0.2) is 0 Å². The first-order valence-electron chi connectivity index (χ1n) is 4.59. The average molecular weight is 209 g/mol. The number of ether oxygens (including phenoxy) is 1. The van der Waals surface area contributed by atoms with E-state index in [-0.39, 0.29) is 12.5 Å². The van der Waals surface area contributed by atoms with Gasteiger partial charge in [-0.3, -0.25) is 9.78 Å². The summed E-state index contributed by atoms with van der Waals surface area (Å²) in [5, 5.41) is 0. The molecule has 1 heterocycles. The lowest BCUT2D eigenvalue weighted by Gasteiger charge is -2.20. The Bertz CT molecular complexity index is 316. The third-order valence-electron chi connectivity index (χ3n) is 2.03. The van der Waals surface area contributed by atoms with Crippen molar-refractivity contribution in [1.29, 1.82) is 0 Å². The molecule has 0 aliphatic rings. The maximum absolute atomic E-state index is 11.7. The molecule has 0 saturated heterocycles. The van der Waals surface area contributed by atoms with E-state index in [4.69, 9.17) is 10.5 Å². The van der Waals surface area contributed by atoms with Gasteiger partial charge in [-0.25, -0.2) is 0 Å². The quantitative estimate of drug-likeness (QED) is 0.759. The van der Waals surface area contributed by atoms with Crippen LogP contribution in [0.1, 0.15) is 0 Å². The van der Waals surface area contributed by atoms with Gasteiger partial charge in [-0.1, -0.05) is 0 Å². The van der Waals surface area contributed by atoms with E-state index in [0.29, 0.717) is 5.69 Å². The van der Waals surface area contributed by atoms with Crippen LogP contribution in [-0.4, -0.2) is 37.7 Å². The fourth-order valence-electron chi connectivity index (χ4n) is 1.18. The summed E-state index contributed by atoms with van der Waals surface area (Å²) in [4.78, 5) is 17.1. The first kappa shape index (κ1) is 11.6. The number of aromatic nitrogens is 1. The summed E-state index contributed by atoms with van der Waals surface area (Å²) in [5.41, 5.74) is 6.35. The molecule has 0 bridgehead atoms. The minimum Gasteiger partial charge on any atom is -0.383 e. The molecular formula is C10H15N3O2. The molecule has 0 aliphatic heterocycles. The second kappa shape index (κ2) is 5.43. The topological polar surface area (TPSA) is 68.5 Å². The van der Waals surface area contributed by atoms with Gasteiger partial charge in [0, 0.05) is 20.4 Å². The van der Waals surface area contributed by atoms with E-state index in [1.54, 1.807) is 31.6 Å². The molecule has 0 fully saturated rings. The Morgan fingerprint density at radius 1 is 1.73 bits per heavy atom. The molecule has 2 N–H and O–H groups in total. The first-order valence-corrected chi connectivity index (χ1v) is 4.59. The lowest BCUT2D eigenvalue weighted by atomic mass is 10.2. The first-order chi connectivity index (χ1) is 7.16. The Balaban J connectivity index is 2.69. The van der Waals surface area contributed by atoms with Gasteiger partial charge in [-0.15, -0.1) is 0 Å². The molecule has 0 spiro atoms. The fraction of sp³-hybridized carbons (Fsp3) is 0.400. The monoisotopic (exact) mass is 209 g/mol. The van der Waals surface area contributed by atoms with Gasteiger partial charge in [-0.05, 0) is 12.1 Å². The molecule has 0 radical (unpaired) electrons. The number of hydrogen-bond acceptors (Lipinski definition) is 4. The zero-order valence-electron chi connectivity index (χ0n) is 8.88. The second-order valence-electron chi connectivity index (χ2n) is 3.17. The van der Waals surface area contributed by atoms with Crippen molar-refractivity contribution in [2.24, 2.45) is 5.73 Å². The van der Waals surface area contributed by atoms with Crippen molar-refractivity contribution in [3.8, 4) is 0 Å². The van der Waals surface area contributed by atoms with Crippen LogP contribution in [0, 0.1) is 0 Å². The normalized spacial score (nSPS) is 12.2. The van der Waals surface area contributed by atoms with Crippen LogP contribution < -0.4 is 10.6 Å². The van der Waals surface area contributed by atoms with Crippen LogP contribution in [0.4, 0.5) is 5.69 Å². The molecule has 5 nitrogen and oxygen atoms in total. The van der Waals surface area contributed by atoms with Crippen molar-refractivity contribution in [2.75, 3.05) is 25.7 Å². The standard InChI is InChI=1S/C10H15N3O2/c1-13(8-4-3-5-12-6-8)10(14)9(11)7-15-2/h3-6,9H,7,11H2,1-2H3. The lowest BCUT2D eigenvalue weighted by Crippen LogP contribution is -2.44. The maximum Gasteiger partial charge on any atom is 0.246 e. The smallest absolute Gasteiger partial charge is 0.246 e. The minimum absolute atomic E-state index is 0.190. The molecular weight excluding hydrogens is 194 g/mol. The van der Waals surface area contributed by atoms with E-state index in [1.807, 2.05) is 0 Å². The third kappa shape index (κ3) is 3.00. The number of carbonyl (C=O) groups excluding carboxylic acids is 1. The van der Waals surface area contributed by atoms with Crippen LogP contribution in [0.5, 0.6) is 0 Å². The SMILES string of the molecule is COCC(N)C(=O)N(C)c1cccnc1. The number of nitrogens with zero attached hydrogens (tertiary/aromatic N) is 2. The Hall–Kier alpha value is -1.46. The number of anilines is 1. The van der Waals surface area contributed by atoms with Crippen molar-refractivity contribution in [1.82, 2.24) is 4.98 Å². The average Bonchev–Trinajstić information content (AvgIpc) is 2.28. The van der Waals surface area contributed by atoms with Crippen molar-refractivity contribution in [2.45, 2.75) is 6.04 Å². The van der Waals surface area contributed by atoms with E-state index < -0.39 is 6.04 Å². The number of hydrogen-bond donors (Lipinski definition) is 1. The summed E-state index contributed by atoms with van der Waals surface area (Å²) in [6.07, 6.45) is 3.26. The number of likely N-dealkylation sites (N-methyl/N-ethyl adjacent to an activating group) is 1. The highest BCUT2D eigenvalue weighted by atomic mass is 16.5. The van der Waals surface area contributed by atoms with E-state index in [1.165, 1.54) is 12.0 Å². The van der Waals surface area contributed by atoms with E-state index in [0.717, 1.165) is 0 Å². The van der Waals surface area contributed by atoms with Gasteiger partial charge < -0.3 is 15.4 Å². The maximum atomic E-state index is 11.7. The molecule has 0 saturated carbocycles. The molecule has 1 atom stereocenters. The molecule has 0 aromatic carbocycles. The number of methoxy groups -OCH3 is 1. The molecule has 1 aromatic rings. The Morgan fingerprint density at radius 2 is 2.47 bits per heavy atom. The molecule has 1 amide bonds. The largest absolute Gasteiger partial charge is 0.383 e. The van der Waals surface area contributed by atoms with Crippen molar-refractivity contribution in [3.05, 3.63) is 24.5 Å². The summed E-state index contributed by atoms with van der Waals surface area (Å²) in [6.45, 7) is 0.212. The van der Waals surface area contributed by atoms with Crippen LogP contribution in [-0.2, 0) is 9.53 Å². The summed E-state index contributed by atoms with van der Waals surface area (Å²) in [5.74, 6) is -0.190. The molecule has 1 unspecified atom stereocenters. The van der Waals surface area contributed by atoms with Gasteiger partial charge in [0.1, 0.15) is 6.04 Å². The number of pyridine rings is 1. The molecule has 15 heavy (non-hydrogen) atoms. The fourth-order valence-corrected chi connectivity index (χ4v) is 1.18. The predicted octanol–water partition coefficient (Wildman–Crippen LogP) is 0.0181. The van der Waals surface area contributed by atoms with E-state index >= 15 is 0 Å². The van der Waals surface area contributed by atoms with Gasteiger partial charge in [0.05, 0.1) is 18.5 Å². The molecule has 5 heteroatoms. The lowest BCUT2D eigenvalue weighted by molar-refractivity contribution is -0.120. The third-order valence-corrected chi connectivity index (χ3v) is 2.03. The van der Waals surface area contributed by atoms with Crippen LogP contribution in [0.15, 0.2) is 24.5 Å². The summed E-state index contributed by atoms with van der Waals surface area (Å²) in [7, 11) is 3.17. The van der Waals surface area contributed by atoms with Gasteiger partial charge >= 0.3 is 0 Å². The molecule has 82 valence electrons. The van der Waals surface area contributed by atoms with Gasteiger partial charge in [0.2, 0.25) is 5.91 Å². The van der Waals surface area contributed by atoms with Crippen molar-refractivity contribution in [3.63, 3.8) is 0 Å². The van der Waals surface area contributed by atoms with Crippen LogP contribution in [0.3, 0.4) is 0 Å². The Kier molecular flexibility index (Phi) is 4.20. The van der Waals surface area contributed by atoms with Gasteiger partial charge in [0.25, 0.3) is 0 Å². The van der Waals surface area contributed by atoms with E-state index in [9.17, 15) is 4.79 Å². The number of nitrogens with two attached hydrogens (primary N) is 1. The minimum atomic E-state index is -0.639. The second-order valence-corrected chi connectivity index (χ2v) is 3.17. The van der Waals surface area contributed by atoms with Crippen LogP contribution >= 0.6 is 0 Å². The molecule has 0 aliphatic carbocycles. The summed E-state index contributed by atoms with van der Waals surface area (Å²) in [6, 6.07) is 2.92. The van der Waals surface area contributed by atoms with Gasteiger partial charge in [-0.2, -0.15) is 0 Å². The highest BCUT2D eigenvalue weighted by Crippen LogP contribution is 2.09. The van der Waals surface area contributed by atoms with Crippen LogP contribution in [0.2, 0.25) is 0 Å². The van der Waals surface area contributed by atoms with E-state index in [2.05, 4.69) is 4.98 Å². The predicted molar refractivity (Wildman–Crippen MR) is 57.5 cm³/mol. The van der Waals surface area contributed by atoms with Crippen LogP contribution in [0.25, 0.3) is 0 Å². The number of amides is 1. The number of rotatable bonds is 4. The van der Waals surface area contributed by atoms with Crippen molar-refractivity contribution < 1.29 is 9.53 Å². The molecule has 1 rings (SSSR count). The Morgan fingerprint density at radius 3 is 3.00 bits per heavy atom. The summed E-state index contributed by atoms with van der Waals surface area (Å²) < 4.78 is 4.82. The Labute approximate surface area is 88.9 Å². The summed E-state index contributed by atoms with van der Waals surface area (Å²) >= 11 is 0. The highest BCUT2D eigenvalue weighted by molar-refractivity contribution is 5.96. The zero-order chi connectivity index (χ0) is 11.3. The zero-order valence-corrected chi connectivity index (χ0v) is 8.88. The number of carbonyl (C=O) groups is 1. The molecule has 1 aromatic heterocycles.